The molecule has 0 atom stereocenters. The maximum Gasteiger partial charge on any atom is 0.306 e. The molecule has 2 heterocycles. The van der Waals surface area contributed by atoms with Crippen molar-refractivity contribution in [3.8, 4) is 10.6 Å². The lowest BCUT2D eigenvalue weighted by molar-refractivity contribution is -0.141. The van der Waals surface area contributed by atoms with Crippen molar-refractivity contribution in [3.63, 3.8) is 0 Å². The van der Waals surface area contributed by atoms with Gasteiger partial charge in [-0.25, -0.2) is 14.4 Å². The summed E-state index contributed by atoms with van der Waals surface area (Å²) in [6.07, 6.45) is 4.17. The van der Waals surface area contributed by atoms with Crippen LogP contribution in [0.1, 0.15) is 24.1 Å². The SMILES string of the molecule is COC(=O)CCC(=O)Nc1ccc(-c2nc3ccc(C4(c5ccccc5)C=C4)nc3s2)c(F)c1. The number of rotatable bonds is 7. The lowest BCUT2D eigenvalue weighted by Gasteiger charge is -2.15. The molecule has 170 valence electrons. The van der Waals surface area contributed by atoms with E-state index in [9.17, 15) is 14.0 Å². The molecule has 4 aromatic rings. The lowest BCUT2D eigenvalue weighted by atomic mass is 9.89. The number of nitrogens with zero attached hydrogens (tertiary/aromatic N) is 2. The lowest BCUT2D eigenvalue weighted by Crippen LogP contribution is -2.14. The number of carbonyl (C=O) groups is 2. The maximum atomic E-state index is 14.9. The summed E-state index contributed by atoms with van der Waals surface area (Å²) in [7, 11) is 1.26. The Kier molecular flexibility index (Phi) is 5.67. The zero-order valence-corrected chi connectivity index (χ0v) is 19.1. The van der Waals surface area contributed by atoms with Crippen LogP contribution in [0.25, 0.3) is 20.9 Å². The van der Waals surface area contributed by atoms with E-state index in [0.717, 1.165) is 16.1 Å². The number of esters is 1. The number of fused-ring (bicyclic) bond motifs is 1. The summed E-state index contributed by atoms with van der Waals surface area (Å²) in [5.41, 5.74) is 3.11. The number of hydrogen-bond donors (Lipinski definition) is 1. The van der Waals surface area contributed by atoms with Crippen molar-refractivity contribution in [2.24, 2.45) is 0 Å². The van der Waals surface area contributed by atoms with Gasteiger partial charge in [-0.05, 0) is 35.9 Å². The minimum Gasteiger partial charge on any atom is -0.469 e. The minimum absolute atomic E-state index is 0.0370. The first-order valence-corrected chi connectivity index (χ1v) is 11.5. The number of nitrogens with one attached hydrogen (secondary N) is 1. The highest BCUT2D eigenvalue weighted by atomic mass is 32.1. The second-order valence-electron chi connectivity index (χ2n) is 7.93. The summed E-state index contributed by atoms with van der Waals surface area (Å²) in [4.78, 5) is 33.3. The van der Waals surface area contributed by atoms with Gasteiger partial charge in [-0.2, -0.15) is 0 Å². The molecule has 0 saturated carbocycles. The van der Waals surface area contributed by atoms with Crippen LogP contribution in [0.3, 0.4) is 0 Å². The van der Waals surface area contributed by atoms with E-state index in [2.05, 4.69) is 39.3 Å². The molecule has 2 aromatic heterocycles. The molecule has 34 heavy (non-hydrogen) atoms. The Morgan fingerprint density at radius 1 is 1.03 bits per heavy atom. The molecule has 0 fully saturated rings. The summed E-state index contributed by atoms with van der Waals surface area (Å²) >= 11 is 1.32. The van der Waals surface area contributed by atoms with E-state index in [1.54, 1.807) is 12.1 Å². The largest absolute Gasteiger partial charge is 0.469 e. The Morgan fingerprint density at radius 2 is 1.82 bits per heavy atom. The van der Waals surface area contributed by atoms with E-state index in [-0.39, 0.29) is 18.3 Å². The van der Waals surface area contributed by atoms with Crippen LogP contribution in [0, 0.1) is 5.82 Å². The summed E-state index contributed by atoms with van der Waals surface area (Å²) in [6.45, 7) is 0. The predicted octanol–water partition coefficient (Wildman–Crippen LogP) is 5.25. The third-order valence-electron chi connectivity index (χ3n) is 5.70. The average Bonchev–Trinajstić information content (AvgIpc) is 3.56. The average molecular weight is 474 g/mol. The first-order chi connectivity index (χ1) is 16.5. The molecule has 5 rings (SSSR count). The number of anilines is 1. The highest BCUT2D eigenvalue weighted by molar-refractivity contribution is 7.21. The summed E-state index contributed by atoms with van der Waals surface area (Å²) in [5, 5.41) is 3.10. The number of allylic oxidation sites excluding steroid dienone is 2. The third-order valence-corrected chi connectivity index (χ3v) is 6.70. The van der Waals surface area contributed by atoms with Gasteiger partial charge >= 0.3 is 5.97 Å². The van der Waals surface area contributed by atoms with Crippen LogP contribution < -0.4 is 5.32 Å². The first-order valence-electron chi connectivity index (χ1n) is 10.7. The Hall–Kier alpha value is -3.91. The zero-order chi connectivity index (χ0) is 23.7. The molecule has 6 nitrogen and oxygen atoms in total. The quantitative estimate of drug-likeness (QED) is 0.293. The Labute approximate surface area is 199 Å². The van der Waals surface area contributed by atoms with Gasteiger partial charge in [-0.1, -0.05) is 53.8 Å². The monoisotopic (exact) mass is 473 g/mol. The summed E-state index contributed by atoms with van der Waals surface area (Å²) in [6, 6.07) is 18.5. The molecule has 0 aliphatic heterocycles. The number of hydrogen-bond acceptors (Lipinski definition) is 6. The van der Waals surface area contributed by atoms with Gasteiger partial charge in [-0.15, -0.1) is 0 Å². The fraction of sp³-hybridized carbons (Fsp3) is 0.154. The van der Waals surface area contributed by atoms with Crippen LogP contribution in [-0.4, -0.2) is 29.0 Å². The molecular formula is C26H20FN3O3S. The number of methoxy groups -OCH3 is 1. The topological polar surface area (TPSA) is 81.2 Å². The molecule has 1 aliphatic carbocycles. The third kappa shape index (κ3) is 4.20. The van der Waals surface area contributed by atoms with E-state index >= 15 is 0 Å². The second-order valence-corrected chi connectivity index (χ2v) is 8.90. The fourth-order valence-corrected chi connectivity index (χ4v) is 4.74. The molecule has 0 bridgehead atoms. The number of pyridine rings is 1. The van der Waals surface area contributed by atoms with E-state index in [4.69, 9.17) is 4.98 Å². The smallest absolute Gasteiger partial charge is 0.306 e. The Balaban J connectivity index is 1.36. The predicted molar refractivity (Wildman–Crippen MR) is 129 cm³/mol. The van der Waals surface area contributed by atoms with E-state index in [1.807, 2.05) is 30.3 Å². The van der Waals surface area contributed by atoms with E-state index in [1.165, 1.54) is 24.5 Å². The summed E-state index contributed by atoms with van der Waals surface area (Å²) in [5.74, 6) is -1.37. The van der Waals surface area contributed by atoms with Crippen molar-refractivity contribution in [2.75, 3.05) is 12.4 Å². The summed E-state index contributed by atoms with van der Waals surface area (Å²) < 4.78 is 19.4. The number of benzene rings is 2. The van der Waals surface area contributed by atoms with Crippen molar-refractivity contribution < 1.29 is 18.7 Å². The molecule has 1 aliphatic rings. The van der Waals surface area contributed by atoms with Crippen molar-refractivity contribution in [1.82, 2.24) is 9.97 Å². The molecule has 0 radical (unpaired) electrons. The van der Waals surface area contributed by atoms with E-state index in [0.29, 0.717) is 21.8 Å². The van der Waals surface area contributed by atoms with Crippen molar-refractivity contribution in [3.05, 3.63) is 89.9 Å². The fourth-order valence-electron chi connectivity index (χ4n) is 3.78. The van der Waals surface area contributed by atoms with Crippen LogP contribution in [0.4, 0.5) is 10.1 Å². The molecule has 0 spiro atoms. The van der Waals surface area contributed by atoms with Crippen LogP contribution in [0.5, 0.6) is 0 Å². The molecule has 8 heteroatoms. The highest BCUT2D eigenvalue weighted by Gasteiger charge is 2.39. The number of thiazole rings is 1. The normalized spacial score (nSPS) is 13.6. The van der Waals surface area contributed by atoms with Gasteiger partial charge < -0.3 is 10.1 Å². The van der Waals surface area contributed by atoms with Crippen LogP contribution in [-0.2, 0) is 19.7 Å². The number of aromatic nitrogens is 2. The van der Waals surface area contributed by atoms with Crippen molar-refractivity contribution in [2.45, 2.75) is 18.3 Å². The van der Waals surface area contributed by atoms with Gasteiger partial charge in [-0.3, -0.25) is 9.59 Å². The van der Waals surface area contributed by atoms with Gasteiger partial charge in [0.15, 0.2) is 0 Å². The van der Waals surface area contributed by atoms with E-state index < -0.39 is 17.7 Å². The Morgan fingerprint density at radius 3 is 2.53 bits per heavy atom. The molecule has 0 saturated heterocycles. The van der Waals surface area contributed by atoms with Crippen LogP contribution in [0.15, 0.2) is 72.8 Å². The second kappa shape index (κ2) is 8.79. The Bertz CT molecular complexity index is 1430. The van der Waals surface area contributed by atoms with Crippen LogP contribution >= 0.6 is 11.3 Å². The van der Waals surface area contributed by atoms with Crippen molar-refractivity contribution in [1.29, 1.82) is 0 Å². The van der Waals surface area contributed by atoms with Gasteiger partial charge in [0.25, 0.3) is 0 Å². The zero-order valence-electron chi connectivity index (χ0n) is 18.2. The van der Waals surface area contributed by atoms with Crippen LogP contribution in [0.2, 0.25) is 0 Å². The van der Waals surface area contributed by atoms with Crippen molar-refractivity contribution >= 4 is 39.2 Å². The molecule has 1 N–H and O–H groups in total. The molecule has 2 aromatic carbocycles. The highest BCUT2D eigenvalue weighted by Crippen LogP contribution is 2.45. The first kappa shape index (κ1) is 21.9. The number of ether oxygens (including phenoxy) is 1. The number of amides is 1. The van der Waals surface area contributed by atoms with Gasteiger partial charge in [0.05, 0.1) is 24.6 Å². The number of carbonyl (C=O) groups excluding carboxylic acids is 2. The van der Waals surface area contributed by atoms with Gasteiger partial charge in [0.2, 0.25) is 5.91 Å². The molecular weight excluding hydrogens is 453 g/mol. The minimum atomic E-state index is -0.505. The maximum absolute atomic E-state index is 14.9. The molecule has 0 unspecified atom stereocenters. The van der Waals surface area contributed by atoms with Gasteiger partial charge in [0, 0.05) is 17.7 Å². The van der Waals surface area contributed by atoms with Gasteiger partial charge in [0.1, 0.15) is 21.2 Å². The number of halogens is 1. The standard InChI is InChI=1S/C26H20FN3O3S/c1-33-23(32)12-11-22(31)28-17-7-8-18(19(27)15-17)24-29-20-9-10-21(30-25(20)34-24)26(13-14-26)16-5-3-2-4-6-16/h2-10,13-15H,11-12H2,1H3,(H,28,31). The molecule has 1 amide bonds.